The van der Waals surface area contributed by atoms with Crippen molar-refractivity contribution in [3.8, 4) is 5.75 Å². The van der Waals surface area contributed by atoms with Crippen LogP contribution in [0.15, 0.2) is 12.1 Å². The highest BCUT2D eigenvalue weighted by molar-refractivity contribution is 14.1. The van der Waals surface area contributed by atoms with Crippen molar-refractivity contribution >= 4 is 57.6 Å². The van der Waals surface area contributed by atoms with Crippen molar-refractivity contribution in [2.75, 3.05) is 26.2 Å². The fourth-order valence-corrected chi connectivity index (χ4v) is 4.56. The van der Waals surface area contributed by atoms with Gasteiger partial charge >= 0.3 is 6.18 Å². The molecular weight excluding hydrogens is 558 g/mol. The van der Waals surface area contributed by atoms with Gasteiger partial charge in [-0.25, -0.2) is 0 Å². The first-order valence-corrected chi connectivity index (χ1v) is 9.13. The van der Waals surface area contributed by atoms with Gasteiger partial charge in [-0.3, -0.25) is 4.90 Å². The lowest BCUT2D eigenvalue weighted by Crippen LogP contribution is -2.45. The van der Waals surface area contributed by atoms with Crippen LogP contribution in [-0.4, -0.2) is 42.4 Å². The summed E-state index contributed by atoms with van der Waals surface area (Å²) in [6, 6.07) is 3.20. The third kappa shape index (κ3) is 6.37. The number of aromatic hydroxyl groups is 1. The van der Waals surface area contributed by atoms with Crippen molar-refractivity contribution in [1.82, 2.24) is 10.2 Å². The average molecular weight is 577 g/mol. The van der Waals surface area contributed by atoms with Crippen LogP contribution in [0.1, 0.15) is 24.4 Å². The van der Waals surface area contributed by atoms with Gasteiger partial charge in [-0.2, -0.15) is 13.2 Å². The van der Waals surface area contributed by atoms with Gasteiger partial charge in [0.05, 0.1) is 3.57 Å². The van der Waals surface area contributed by atoms with Crippen LogP contribution in [0.25, 0.3) is 0 Å². The monoisotopic (exact) mass is 576 g/mol. The molecule has 1 fully saturated rings. The highest BCUT2D eigenvalue weighted by Gasteiger charge is 2.32. The molecule has 9 heteroatoms. The Balaban J connectivity index is 0.00000264. The summed E-state index contributed by atoms with van der Waals surface area (Å²) in [4.78, 5) is 2.03. The van der Waals surface area contributed by atoms with E-state index in [0.29, 0.717) is 22.2 Å². The maximum Gasteiger partial charge on any atom is 0.389 e. The molecule has 2 rings (SSSR count). The van der Waals surface area contributed by atoms with E-state index >= 15 is 0 Å². The molecule has 132 valence electrons. The molecule has 0 spiro atoms. The smallest absolute Gasteiger partial charge is 0.389 e. The fourth-order valence-electron chi connectivity index (χ4n) is 2.67. The van der Waals surface area contributed by atoms with Gasteiger partial charge in [-0.05, 0) is 63.7 Å². The van der Waals surface area contributed by atoms with E-state index in [0.717, 1.165) is 16.7 Å². The van der Waals surface area contributed by atoms with Crippen LogP contribution < -0.4 is 5.32 Å². The molecule has 2 N–H and O–H groups in total. The van der Waals surface area contributed by atoms with Crippen molar-refractivity contribution in [2.45, 2.75) is 25.1 Å². The first-order chi connectivity index (χ1) is 10.3. The number of nitrogens with zero attached hydrogens (tertiary/aromatic N) is 1. The second kappa shape index (κ2) is 9.25. The zero-order valence-electron chi connectivity index (χ0n) is 12.2. The van der Waals surface area contributed by atoms with E-state index in [1.54, 1.807) is 6.07 Å². The maximum atomic E-state index is 12.7. The Morgan fingerprint density at radius 1 is 1.22 bits per heavy atom. The van der Waals surface area contributed by atoms with Crippen molar-refractivity contribution < 1.29 is 18.3 Å². The van der Waals surface area contributed by atoms with Crippen LogP contribution in [0.5, 0.6) is 5.75 Å². The second-order valence-electron chi connectivity index (χ2n) is 5.28. The topological polar surface area (TPSA) is 35.5 Å². The molecule has 0 bridgehead atoms. The van der Waals surface area contributed by atoms with Crippen LogP contribution in [0.3, 0.4) is 0 Å². The molecule has 23 heavy (non-hydrogen) atoms. The summed E-state index contributed by atoms with van der Waals surface area (Å²) in [6.07, 6.45) is -5.06. The average Bonchev–Trinajstić information content (AvgIpc) is 2.44. The zero-order valence-corrected chi connectivity index (χ0v) is 17.3. The molecule has 0 saturated carbocycles. The Morgan fingerprint density at radius 2 is 1.83 bits per heavy atom. The minimum atomic E-state index is -4.18. The minimum absolute atomic E-state index is 0. The van der Waals surface area contributed by atoms with E-state index in [-0.39, 0.29) is 24.6 Å². The summed E-state index contributed by atoms with van der Waals surface area (Å²) in [5, 5.41) is 13.5. The summed E-state index contributed by atoms with van der Waals surface area (Å²) in [7, 11) is 0. The van der Waals surface area contributed by atoms with E-state index in [9.17, 15) is 18.3 Å². The SMILES string of the molecule is Cl.Oc1c(I)cc(I)cc1[C@@H](CCC(F)(F)F)N1CCNCC1. The number of halogens is 6. The number of phenols is 1. The molecule has 0 amide bonds. The first kappa shape index (κ1) is 21.5. The first-order valence-electron chi connectivity index (χ1n) is 6.97. The van der Waals surface area contributed by atoms with Crippen LogP contribution in [-0.2, 0) is 0 Å². The molecule has 3 nitrogen and oxygen atoms in total. The molecule has 0 radical (unpaired) electrons. The quantitative estimate of drug-likeness (QED) is 0.525. The number of benzene rings is 1. The number of nitrogens with one attached hydrogen (secondary N) is 1. The number of phenolic OH excluding ortho intramolecular Hbond substituents is 1. The number of hydrogen-bond donors (Lipinski definition) is 2. The third-order valence-corrected chi connectivity index (χ3v) is 5.16. The molecule has 1 heterocycles. The van der Waals surface area contributed by atoms with Crippen LogP contribution in [0.2, 0.25) is 0 Å². The normalized spacial score (nSPS) is 17.6. The standard InChI is InChI=1S/C14H17F3I2N2O.ClH/c15-14(16,17)2-1-12(21-5-3-20-4-6-21)10-7-9(18)8-11(19)13(10)22;/h7-8,12,20,22H,1-6H2;1H/t12-;/m1./s1. The lowest BCUT2D eigenvalue weighted by atomic mass is 9.98. The molecular formula is C14H18ClF3I2N2O. The van der Waals surface area contributed by atoms with E-state index < -0.39 is 18.6 Å². The van der Waals surface area contributed by atoms with Gasteiger partial charge in [0.1, 0.15) is 5.75 Å². The molecule has 1 atom stereocenters. The molecule has 1 aliphatic rings. The lowest BCUT2D eigenvalue weighted by Gasteiger charge is -2.36. The Bertz CT molecular complexity index is 525. The van der Waals surface area contributed by atoms with E-state index in [2.05, 4.69) is 27.9 Å². The van der Waals surface area contributed by atoms with Gasteiger partial charge in [-0.1, -0.05) is 0 Å². The zero-order chi connectivity index (χ0) is 16.3. The van der Waals surface area contributed by atoms with Gasteiger partial charge < -0.3 is 10.4 Å². The predicted molar refractivity (Wildman–Crippen MR) is 103 cm³/mol. The number of hydrogen-bond acceptors (Lipinski definition) is 3. The van der Waals surface area contributed by atoms with E-state index in [1.165, 1.54) is 0 Å². The molecule has 1 saturated heterocycles. The van der Waals surface area contributed by atoms with E-state index in [4.69, 9.17) is 0 Å². The summed E-state index contributed by atoms with van der Waals surface area (Å²) in [5.41, 5.74) is 0.599. The van der Waals surface area contributed by atoms with Crippen molar-refractivity contribution in [1.29, 1.82) is 0 Å². The summed E-state index contributed by atoms with van der Waals surface area (Å²) < 4.78 is 39.6. The number of alkyl halides is 3. The van der Waals surface area contributed by atoms with Gasteiger partial charge in [0, 0.05) is 47.8 Å². The van der Waals surface area contributed by atoms with Gasteiger partial charge in [0.15, 0.2) is 0 Å². The highest BCUT2D eigenvalue weighted by Crippen LogP contribution is 2.38. The van der Waals surface area contributed by atoms with Crippen molar-refractivity contribution in [3.63, 3.8) is 0 Å². The summed E-state index contributed by atoms with van der Waals surface area (Å²) in [6.45, 7) is 2.88. The van der Waals surface area contributed by atoms with Crippen LogP contribution in [0.4, 0.5) is 13.2 Å². The molecule has 1 aromatic carbocycles. The lowest BCUT2D eigenvalue weighted by molar-refractivity contribution is -0.138. The molecule has 1 aromatic rings. The maximum absolute atomic E-state index is 12.7. The van der Waals surface area contributed by atoms with Crippen molar-refractivity contribution in [3.05, 3.63) is 24.8 Å². The number of piperazine rings is 1. The molecule has 0 aromatic heterocycles. The van der Waals surface area contributed by atoms with E-state index in [1.807, 2.05) is 33.6 Å². The van der Waals surface area contributed by atoms with Crippen molar-refractivity contribution in [2.24, 2.45) is 0 Å². The Morgan fingerprint density at radius 3 is 2.39 bits per heavy atom. The molecule has 0 unspecified atom stereocenters. The minimum Gasteiger partial charge on any atom is -0.506 e. The highest BCUT2D eigenvalue weighted by atomic mass is 127. The second-order valence-corrected chi connectivity index (χ2v) is 7.69. The fraction of sp³-hybridized carbons (Fsp3) is 0.571. The summed E-state index contributed by atoms with van der Waals surface area (Å²) >= 11 is 4.14. The van der Waals surface area contributed by atoms with Crippen LogP contribution in [0, 0.1) is 7.14 Å². The van der Waals surface area contributed by atoms with Gasteiger partial charge in [0.2, 0.25) is 0 Å². The summed E-state index contributed by atoms with van der Waals surface area (Å²) in [5.74, 6) is 0.103. The molecule has 0 aliphatic carbocycles. The Labute approximate surface area is 167 Å². The Hall–Kier alpha value is 0.480. The van der Waals surface area contributed by atoms with Gasteiger partial charge in [0.25, 0.3) is 0 Å². The molecule has 1 aliphatic heterocycles. The largest absolute Gasteiger partial charge is 0.506 e. The third-order valence-electron chi connectivity index (χ3n) is 3.71. The Kier molecular flexibility index (Phi) is 8.66. The predicted octanol–water partition coefficient (Wildman–Crippen LogP) is 4.31. The number of rotatable bonds is 4. The van der Waals surface area contributed by atoms with Crippen LogP contribution >= 0.6 is 57.6 Å². The van der Waals surface area contributed by atoms with Gasteiger partial charge in [-0.15, -0.1) is 12.4 Å².